The summed E-state index contributed by atoms with van der Waals surface area (Å²) in [5.74, 6) is -0.918. The summed E-state index contributed by atoms with van der Waals surface area (Å²) in [5, 5.41) is 0. The molecule has 2 N–H and O–H groups in total. The quantitative estimate of drug-likeness (QED) is 0.879. The molecule has 1 amide bonds. The largest absolute Gasteiger partial charge is 0.389 e. The zero-order valence-corrected chi connectivity index (χ0v) is 11.5. The van der Waals surface area contributed by atoms with E-state index in [1.54, 1.807) is 31.3 Å². The minimum Gasteiger partial charge on any atom is -0.389 e. The van der Waals surface area contributed by atoms with E-state index in [1.807, 2.05) is 0 Å². The van der Waals surface area contributed by atoms with Gasteiger partial charge < -0.3 is 10.6 Å². The number of benzene rings is 1. The molecular formula is C14H12FN3OS. The molecule has 4 nitrogen and oxygen atoms in total. The van der Waals surface area contributed by atoms with Crippen LogP contribution in [0.4, 0.5) is 10.1 Å². The molecule has 102 valence electrons. The fourth-order valence-corrected chi connectivity index (χ4v) is 1.83. The lowest BCUT2D eigenvalue weighted by molar-refractivity contribution is 0.0992. The van der Waals surface area contributed by atoms with Crippen molar-refractivity contribution in [3.63, 3.8) is 0 Å². The summed E-state index contributed by atoms with van der Waals surface area (Å²) in [5.41, 5.74) is 7.01. The van der Waals surface area contributed by atoms with Crippen molar-refractivity contribution in [1.29, 1.82) is 0 Å². The van der Waals surface area contributed by atoms with Gasteiger partial charge in [-0.1, -0.05) is 24.4 Å². The highest BCUT2D eigenvalue weighted by molar-refractivity contribution is 7.80. The van der Waals surface area contributed by atoms with Crippen LogP contribution in [0.1, 0.15) is 15.9 Å². The summed E-state index contributed by atoms with van der Waals surface area (Å²) in [7, 11) is 1.59. The van der Waals surface area contributed by atoms with E-state index in [-0.39, 0.29) is 16.5 Å². The van der Waals surface area contributed by atoms with Crippen LogP contribution in [0.2, 0.25) is 0 Å². The number of hydrogen-bond donors (Lipinski definition) is 1. The molecule has 0 spiro atoms. The van der Waals surface area contributed by atoms with E-state index < -0.39 is 5.82 Å². The van der Waals surface area contributed by atoms with Crippen LogP contribution in [0.25, 0.3) is 0 Å². The number of pyridine rings is 1. The Balaban J connectivity index is 2.31. The third kappa shape index (κ3) is 2.97. The number of rotatable bonds is 3. The van der Waals surface area contributed by atoms with Crippen LogP contribution in [0.3, 0.4) is 0 Å². The Hall–Kier alpha value is -2.34. The van der Waals surface area contributed by atoms with Gasteiger partial charge in [-0.3, -0.25) is 9.78 Å². The SMILES string of the molecule is CN(C(=O)c1cncc(F)c1)c1cccc(C(N)=S)c1. The molecule has 0 fully saturated rings. The van der Waals surface area contributed by atoms with E-state index in [4.69, 9.17) is 18.0 Å². The van der Waals surface area contributed by atoms with Crippen LogP contribution in [0, 0.1) is 5.82 Å². The van der Waals surface area contributed by atoms with Gasteiger partial charge in [0.15, 0.2) is 0 Å². The van der Waals surface area contributed by atoms with Gasteiger partial charge in [-0.2, -0.15) is 0 Å². The van der Waals surface area contributed by atoms with Crippen molar-refractivity contribution in [3.05, 3.63) is 59.7 Å². The number of amides is 1. The first-order valence-corrected chi connectivity index (χ1v) is 6.18. The van der Waals surface area contributed by atoms with E-state index in [0.717, 1.165) is 12.3 Å². The molecule has 0 aliphatic carbocycles. The molecule has 6 heteroatoms. The first kappa shape index (κ1) is 14.1. The number of carbonyl (C=O) groups is 1. The van der Waals surface area contributed by atoms with Gasteiger partial charge in [-0.05, 0) is 18.2 Å². The molecule has 0 radical (unpaired) electrons. The van der Waals surface area contributed by atoms with Crippen LogP contribution >= 0.6 is 12.2 Å². The number of nitrogens with zero attached hydrogens (tertiary/aromatic N) is 2. The second-order valence-electron chi connectivity index (χ2n) is 4.17. The molecule has 20 heavy (non-hydrogen) atoms. The lowest BCUT2D eigenvalue weighted by Crippen LogP contribution is -2.26. The fourth-order valence-electron chi connectivity index (χ4n) is 1.71. The average molecular weight is 289 g/mol. The Kier molecular flexibility index (Phi) is 4.05. The average Bonchev–Trinajstić information content (AvgIpc) is 2.45. The van der Waals surface area contributed by atoms with Crippen LogP contribution in [0.5, 0.6) is 0 Å². The molecule has 2 rings (SSSR count). The first-order chi connectivity index (χ1) is 9.49. The molecule has 2 aromatic rings. The zero-order valence-electron chi connectivity index (χ0n) is 10.7. The minimum absolute atomic E-state index is 0.174. The Morgan fingerprint density at radius 3 is 2.70 bits per heavy atom. The van der Waals surface area contributed by atoms with Crippen molar-refractivity contribution in [2.75, 3.05) is 11.9 Å². The van der Waals surface area contributed by atoms with Gasteiger partial charge in [0.1, 0.15) is 10.8 Å². The first-order valence-electron chi connectivity index (χ1n) is 5.77. The summed E-state index contributed by atoms with van der Waals surface area (Å²) in [4.78, 5) is 17.5. The van der Waals surface area contributed by atoms with Gasteiger partial charge in [0, 0.05) is 24.5 Å². The number of thiocarbonyl (C=S) groups is 1. The van der Waals surface area contributed by atoms with E-state index >= 15 is 0 Å². The molecule has 1 heterocycles. The van der Waals surface area contributed by atoms with Crippen molar-refractivity contribution < 1.29 is 9.18 Å². The highest BCUT2D eigenvalue weighted by Crippen LogP contribution is 2.17. The Morgan fingerprint density at radius 1 is 1.30 bits per heavy atom. The molecule has 0 bridgehead atoms. The predicted molar refractivity (Wildman–Crippen MR) is 79.3 cm³/mol. The number of carbonyl (C=O) groups excluding carboxylic acids is 1. The lowest BCUT2D eigenvalue weighted by atomic mass is 10.1. The number of nitrogens with two attached hydrogens (primary N) is 1. The van der Waals surface area contributed by atoms with Crippen LogP contribution < -0.4 is 10.6 Å². The van der Waals surface area contributed by atoms with Crippen molar-refractivity contribution in [3.8, 4) is 0 Å². The monoisotopic (exact) mass is 289 g/mol. The predicted octanol–water partition coefficient (Wildman–Crippen LogP) is 2.13. The number of halogens is 1. The van der Waals surface area contributed by atoms with Gasteiger partial charge in [-0.25, -0.2) is 4.39 Å². The van der Waals surface area contributed by atoms with E-state index in [2.05, 4.69) is 4.98 Å². The molecule has 0 saturated heterocycles. The summed E-state index contributed by atoms with van der Waals surface area (Å²) in [6, 6.07) is 8.09. The molecule has 1 aromatic heterocycles. The smallest absolute Gasteiger partial charge is 0.259 e. The van der Waals surface area contributed by atoms with Gasteiger partial charge in [0.25, 0.3) is 5.91 Å². The molecule has 0 saturated carbocycles. The standard InChI is InChI=1S/C14H12FN3OS/c1-18(12-4-2-3-9(6-12)13(16)20)14(19)10-5-11(15)8-17-7-10/h2-8H,1H3,(H2,16,20). The van der Waals surface area contributed by atoms with E-state index in [9.17, 15) is 9.18 Å². The molecular weight excluding hydrogens is 277 g/mol. The maximum atomic E-state index is 13.1. The Labute approximate surface area is 121 Å². The number of hydrogen-bond acceptors (Lipinski definition) is 3. The normalized spacial score (nSPS) is 10.1. The molecule has 0 aliphatic heterocycles. The van der Waals surface area contributed by atoms with Gasteiger partial charge in [-0.15, -0.1) is 0 Å². The van der Waals surface area contributed by atoms with Gasteiger partial charge >= 0.3 is 0 Å². The highest BCUT2D eigenvalue weighted by atomic mass is 32.1. The topological polar surface area (TPSA) is 59.2 Å². The van der Waals surface area contributed by atoms with Crippen molar-refractivity contribution in [1.82, 2.24) is 4.98 Å². The Morgan fingerprint density at radius 2 is 2.05 bits per heavy atom. The molecule has 1 aromatic carbocycles. The molecule has 0 unspecified atom stereocenters. The summed E-state index contributed by atoms with van der Waals surface area (Å²) < 4.78 is 13.1. The lowest BCUT2D eigenvalue weighted by Gasteiger charge is -2.18. The Bertz CT molecular complexity index is 675. The zero-order chi connectivity index (χ0) is 14.7. The maximum absolute atomic E-state index is 13.1. The van der Waals surface area contributed by atoms with Crippen molar-refractivity contribution in [2.24, 2.45) is 5.73 Å². The highest BCUT2D eigenvalue weighted by Gasteiger charge is 2.15. The van der Waals surface area contributed by atoms with Crippen molar-refractivity contribution in [2.45, 2.75) is 0 Å². The summed E-state index contributed by atoms with van der Waals surface area (Å²) in [6.45, 7) is 0. The van der Waals surface area contributed by atoms with E-state index in [1.165, 1.54) is 11.1 Å². The van der Waals surface area contributed by atoms with Crippen LogP contribution in [0.15, 0.2) is 42.7 Å². The van der Waals surface area contributed by atoms with Gasteiger partial charge in [0.05, 0.1) is 11.8 Å². The summed E-state index contributed by atoms with van der Waals surface area (Å²) in [6.07, 6.45) is 2.36. The van der Waals surface area contributed by atoms with Crippen LogP contribution in [-0.4, -0.2) is 22.9 Å². The molecule has 0 atom stereocenters. The number of aromatic nitrogens is 1. The summed E-state index contributed by atoms with van der Waals surface area (Å²) >= 11 is 4.90. The number of anilines is 1. The van der Waals surface area contributed by atoms with Crippen molar-refractivity contribution >= 4 is 28.8 Å². The second kappa shape index (κ2) is 5.75. The van der Waals surface area contributed by atoms with Gasteiger partial charge in [0.2, 0.25) is 0 Å². The van der Waals surface area contributed by atoms with E-state index in [0.29, 0.717) is 11.3 Å². The molecule has 0 aliphatic rings. The minimum atomic E-state index is -0.555. The maximum Gasteiger partial charge on any atom is 0.259 e. The van der Waals surface area contributed by atoms with Crippen LogP contribution in [-0.2, 0) is 0 Å². The fraction of sp³-hybridized carbons (Fsp3) is 0.0714. The third-order valence-corrected chi connectivity index (χ3v) is 3.01. The third-order valence-electron chi connectivity index (χ3n) is 2.77. The second-order valence-corrected chi connectivity index (χ2v) is 4.61.